The Bertz CT molecular complexity index is 434. The quantitative estimate of drug-likeness (QED) is 0.769. The van der Waals surface area contributed by atoms with Gasteiger partial charge in [0.1, 0.15) is 0 Å². The van der Waals surface area contributed by atoms with Crippen molar-refractivity contribution in [3.63, 3.8) is 0 Å². The van der Waals surface area contributed by atoms with Crippen LogP contribution in [-0.2, 0) is 9.59 Å². The van der Waals surface area contributed by atoms with Crippen molar-refractivity contribution >= 4 is 27.7 Å². The third kappa shape index (κ3) is 4.40. The van der Waals surface area contributed by atoms with Crippen molar-refractivity contribution in [2.45, 2.75) is 0 Å². The number of hydrogen-bond acceptors (Lipinski definition) is 2. The van der Waals surface area contributed by atoms with Gasteiger partial charge in [-0.15, -0.1) is 0 Å². The number of hydrogen-bond donors (Lipinski definition) is 2. The molecule has 2 N–H and O–H groups in total. The van der Waals surface area contributed by atoms with Crippen LogP contribution in [0.3, 0.4) is 0 Å². The van der Waals surface area contributed by atoms with E-state index < -0.39 is 0 Å². The van der Waals surface area contributed by atoms with Gasteiger partial charge in [0.25, 0.3) is 5.91 Å². The van der Waals surface area contributed by atoms with E-state index in [0.717, 1.165) is 0 Å². The van der Waals surface area contributed by atoms with Crippen molar-refractivity contribution in [3.8, 4) is 0 Å². The number of allylic oxidation sites excluding steroid dienone is 5. The lowest BCUT2D eigenvalue weighted by atomic mass is 10.1. The molecule has 90 valence electrons. The molecule has 0 atom stereocenters. The van der Waals surface area contributed by atoms with Crippen LogP contribution >= 0.6 is 15.9 Å². The molecular weight excluding hydrogens is 284 g/mol. The first-order chi connectivity index (χ1) is 8.17. The standard InChI is InChI=1S/C12H13BrN2O2/c1-14-12(17)9-4-2-6-10(7-3-5-9)15-11(16)8-13/h2-7H,8H2,1H3,(H,14,17)(H,15,16)/b4-2-,5-3?,6-2?,7-3-,9-4?,9-5+,10-6+,10-7?. The highest BCUT2D eigenvalue weighted by Crippen LogP contribution is 2.04. The normalized spacial score (nSPS) is 24.1. The topological polar surface area (TPSA) is 58.2 Å². The van der Waals surface area contributed by atoms with Crippen LogP contribution in [0.15, 0.2) is 47.7 Å². The Labute approximate surface area is 108 Å². The van der Waals surface area contributed by atoms with Crippen molar-refractivity contribution in [1.29, 1.82) is 0 Å². The average molecular weight is 297 g/mol. The fraction of sp³-hybridized carbons (Fsp3) is 0.167. The average Bonchev–Trinajstić information content (AvgIpc) is 2.31. The molecule has 0 aromatic rings. The second kappa shape index (κ2) is 6.85. The second-order valence-corrected chi connectivity index (χ2v) is 3.78. The predicted octanol–water partition coefficient (Wildman–Crippen LogP) is 1.18. The van der Waals surface area contributed by atoms with Gasteiger partial charge < -0.3 is 10.6 Å². The Morgan fingerprint density at radius 2 is 1.94 bits per heavy atom. The van der Waals surface area contributed by atoms with E-state index in [4.69, 9.17) is 0 Å². The molecule has 0 bridgehead atoms. The number of likely N-dealkylation sites (N-methyl/N-ethyl adjacent to an activating group) is 1. The number of amides is 2. The van der Waals surface area contributed by atoms with Crippen molar-refractivity contribution in [2.24, 2.45) is 0 Å². The van der Waals surface area contributed by atoms with E-state index in [1.165, 1.54) is 0 Å². The molecule has 0 fully saturated rings. The second-order valence-electron chi connectivity index (χ2n) is 3.22. The first kappa shape index (κ1) is 13.4. The highest BCUT2D eigenvalue weighted by molar-refractivity contribution is 9.09. The minimum absolute atomic E-state index is 0.120. The monoisotopic (exact) mass is 296 g/mol. The van der Waals surface area contributed by atoms with Crippen molar-refractivity contribution < 1.29 is 9.59 Å². The SMILES string of the molecule is CNC(=O)C1=C/C=C\C(NC(=O)CBr)=C/C=C\1. The summed E-state index contributed by atoms with van der Waals surface area (Å²) in [7, 11) is 1.58. The molecule has 0 aromatic heterocycles. The number of carbonyl (C=O) groups is 2. The van der Waals surface area contributed by atoms with E-state index in [1.807, 2.05) is 0 Å². The lowest BCUT2D eigenvalue weighted by Gasteiger charge is -2.05. The van der Waals surface area contributed by atoms with Gasteiger partial charge in [-0.2, -0.15) is 0 Å². The van der Waals surface area contributed by atoms with Crippen LogP contribution in [0, 0.1) is 0 Å². The summed E-state index contributed by atoms with van der Waals surface area (Å²) in [5.41, 5.74) is 1.24. The lowest BCUT2D eigenvalue weighted by Crippen LogP contribution is -2.22. The molecule has 0 aliphatic heterocycles. The van der Waals surface area contributed by atoms with Crippen LogP contribution in [0.5, 0.6) is 0 Å². The number of alkyl halides is 1. The van der Waals surface area contributed by atoms with Crippen LogP contribution in [0.1, 0.15) is 0 Å². The minimum atomic E-state index is -0.146. The maximum atomic E-state index is 11.4. The molecule has 5 heteroatoms. The molecule has 1 rings (SSSR count). The molecule has 0 saturated carbocycles. The molecule has 0 saturated heterocycles. The summed E-state index contributed by atoms with van der Waals surface area (Å²) in [5, 5.41) is 5.50. The van der Waals surface area contributed by atoms with Crippen molar-refractivity contribution in [2.75, 3.05) is 12.4 Å². The summed E-state index contributed by atoms with van der Waals surface area (Å²) in [6.45, 7) is 0. The van der Waals surface area contributed by atoms with Crippen LogP contribution in [0.4, 0.5) is 0 Å². The zero-order valence-electron chi connectivity index (χ0n) is 9.37. The summed E-state index contributed by atoms with van der Waals surface area (Å²) in [5.74, 6) is -0.266. The van der Waals surface area contributed by atoms with Crippen LogP contribution in [-0.4, -0.2) is 24.2 Å². The predicted molar refractivity (Wildman–Crippen MR) is 70.4 cm³/mol. The molecule has 0 radical (unpaired) electrons. The van der Waals surface area contributed by atoms with Gasteiger partial charge in [0.15, 0.2) is 0 Å². The maximum absolute atomic E-state index is 11.4. The molecular formula is C12H13BrN2O2. The number of carbonyl (C=O) groups excluding carboxylic acids is 2. The molecule has 0 aromatic carbocycles. The molecule has 4 nitrogen and oxygen atoms in total. The van der Waals surface area contributed by atoms with E-state index in [0.29, 0.717) is 11.3 Å². The number of halogens is 1. The van der Waals surface area contributed by atoms with E-state index in [9.17, 15) is 9.59 Å². The lowest BCUT2D eigenvalue weighted by molar-refractivity contribution is -0.118. The Morgan fingerprint density at radius 3 is 2.59 bits per heavy atom. The molecule has 0 unspecified atom stereocenters. The molecule has 0 spiro atoms. The molecule has 2 amide bonds. The maximum Gasteiger partial charge on any atom is 0.251 e. The zero-order valence-corrected chi connectivity index (χ0v) is 11.0. The van der Waals surface area contributed by atoms with Crippen LogP contribution < -0.4 is 10.6 Å². The van der Waals surface area contributed by atoms with Gasteiger partial charge in [0, 0.05) is 18.3 Å². The Balaban J connectivity index is 2.75. The minimum Gasteiger partial charge on any atom is -0.355 e. The van der Waals surface area contributed by atoms with Crippen LogP contribution in [0.2, 0.25) is 0 Å². The van der Waals surface area contributed by atoms with Crippen molar-refractivity contribution in [1.82, 2.24) is 10.6 Å². The third-order valence-electron chi connectivity index (χ3n) is 2.00. The zero-order chi connectivity index (χ0) is 12.7. The van der Waals surface area contributed by atoms with Crippen molar-refractivity contribution in [3.05, 3.63) is 47.7 Å². The summed E-state index contributed by atoms with van der Waals surface area (Å²) in [6, 6.07) is 0. The summed E-state index contributed by atoms with van der Waals surface area (Å²) in [4.78, 5) is 22.5. The van der Waals surface area contributed by atoms with E-state index >= 15 is 0 Å². The number of rotatable bonds is 3. The highest BCUT2D eigenvalue weighted by Gasteiger charge is 2.03. The summed E-state index contributed by atoms with van der Waals surface area (Å²) in [6.07, 6.45) is 10.3. The molecule has 17 heavy (non-hydrogen) atoms. The molecule has 0 heterocycles. The van der Waals surface area contributed by atoms with E-state index in [2.05, 4.69) is 26.6 Å². The van der Waals surface area contributed by atoms with Gasteiger partial charge in [0.2, 0.25) is 5.91 Å². The smallest absolute Gasteiger partial charge is 0.251 e. The van der Waals surface area contributed by atoms with Gasteiger partial charge >= 0.3 is 0 Å². The van der Waals surface area contributed by atoms with Crippen LogP contribution in [0.25, 0.3) is 0 Å². The highest BCUT2D eigenvalue weighted by atomic mass is 79.9. The first-order valence-electron chi connectivity index (χ1n) is 5.02. The summed E-state index contributed by atoms with van der Waals surface area (Å²) < 4.78 is 0. The van der Waals surface area contributed by atoms with Gasteiger partial charge in [-0.05, 0) is 24.3 Å². The Morgan fingerprint density at radius 1 is 1.24 bits per heavy atom. The fourth-order valence-corrected chi connectivity index (χ4v) is 1.34. The number of nitrogens with one attached hydrogen (secondary N) is 2. The third-order valence-corrected chi connectivity index (χ3v) is 2.51. The largest absolute Gasteiger partial charge is 0.355 e. The fourth-order valence-electron chi connectivity index (χ4n) is 1.20. The van der Waals surface area contributed by atoms with Gasteiger partial charge in [-0.25, -0.2) is 0 Å². The van der Waals surface area contributed by atoms with Gasteiger partial charge in [0.05, 0.1) is 5.33 Å². The summed E-state index contributed by atoms with van der Waals surface area (Å²) >= 11 is 3.07. The Hall–Kier alpha value is -1.62. The van der Waals surface area contributed by atoms with E-state index in [1.54, 1.807) is 43.5 Å². The van der Waals surface area contributed by atoms with Gasteiger partial charge in [-0.3, -0.25) is 9.59 Å². The molecule has 1 aliphatic rings. The molecule has 1 aliphatic carbocycles. The van der Waals surface area contributed by atoms with Gasteiger partial charge in [-0.1, -0.05) is 28.1 Å². The first-order valence-corrected chi connectivity index (χ1v) is 6.14. The Kier molecular flexibility index (Phi) is 5.42. The van der Waals surface area contributed by atoms with E-state index in [-0.39, 0.29) is 17.1 Å².